The van der Waals surface area contributed by atoms with Crippen molar-refractivity contribution in [2.45, 2.75) is 25.9 Å². The van der Waals surface area contributed by atoms with E-state index in [9.17, 15) is 19.1 Å². The Morgan fingerprint density at radius 1 is 1.37 bits per heavy atom. The molecule has 6 heteroatoms. The highest BCUT2D eigenvalue weighted by atomic mass is 19.1. The number of rotatable bonds is 5. The van der Waals surface area contributed by atoms with Gasteiger partial charge < -0.3 is 15.5 Å². The Balaban J connectivity index is 2.67. The summed E-state index contributed by atoms with van der Waals surface area (Å²) in [4.78, 5) is 22.2. The molecule has 0 spiro atoms. The van der Waals surface area contributed by atoms with E-state index in [2.05, 4.69) is 5.32 Å². The molecule has 0 aliphatic rings. The molecule has 1 aromatic rings. The van der Waals surface area contributed by atoms with Crippen LogP contribution >= 0.6 is 0 Å². The molecule has 104 valence electrons. The SMILES string of the molecule is Cc1cc(F)cc(C(=O)NCC(C)(O)CC(=O)O)c1. The Bertz CT molecular complexity index is 479. The predicted molar refractivity (Wildman–Crippen MR) is 66.3 cm³/mol. The van der Waals surface area contributed by atoms with Gasteiger partial charge in [-0.1, -0.05) is 0 Å². The Morgan fingerprint density at radius 3 is 2.53 bits per heavy atom. The zero-order valence-corrected chi connectivity index (χ0v) is 10.7. The first kappa shape index (κ1) is 15.1. The maximum Gasteiger partial charge on any atom is 0.306 e. The fraction of sp³-hybridized carbons (Fsp3) is 0.385. The summed E-state index contributed by atoms with van der Waals surface area (Å²) in [6.07, 6.45) is -0.491. The van der Waals surface area contributed by atoms with Gasteiger partial charge in [-0.25, -0.2) is 4.39 Å². The van der Waals surface area contributed by atoms with Crippen molar-refractivity contribution < 1.29 is 24.2 Å². The average Bonchev–Trinajstić information content (AvgIpc) is 2.22. The average molecular weight is 269 g/mol. The molecule has 0 bridgehead atoms. The fourth-order valence-corrected chi connectivity index (χ4v) is 1.63. The lowest BCUT2D eigenvalue weighted by Gasteiger charge is -2.21. The highest BCUT2D eigenvalue weighted by Gasteiger charge is 2.25. The molecule has 0 radical (unpaired) electrons. The van der Waals surface area contributed by atoms with Crippen LogP contribution in [0.15, 0.2) is 18.2 Å². The smallest absolute Gasteiger partial charge is 0.306 e. The van der Waals surface area contributed by atoms with Crippen LogP contribution in [0.1, 0.15) is 29.3 Å². The van der Waals surface area contributed by atoms with Gasteiger partial charge in [0.1, 0.15) is 5.82 Å². The predicted octanol–water partition coefficient (Wildman–Crippen LogP) is 1.09. The molecule has 0 aliphatic heterocycles. The van der Waals surface area contributed by atoms with E-state index >= 15 is 0 Å². The van der Waals surface area contributed by atoms with Gasteiger partial charge in [-0.15, -0.1) is 0 Å². The summed E-state index contributed by atoms with van der Waals surface area (Å²) in [6, 6.07) is 3.87. The van der Waals surface area contributed by atoms with E-state index in [1.165, 1.54) is 19.1 Å². The molecule has 1 rings (SSSR count). The molecule has 1 unspecified atom stereocenters. The minimum atomic E-state index is -1.55. The van der Waals surface area contributed by atoms with Crippen LogP contribution in [-0.2, 0) is 4.79 Å². The Kier molecular flexibility index (Phi) is 4.61. The first-order valence-corrected chi connectivity index (χ1v) is 5.69. The number of carboxylic acid groups (broad SMARTS) is 1. The van der Waals surface area contributed by atoms with E-state index in [0.717, 1.165) is 6.07 Å². The minimum absolute atomic E-state index is 0.128. The third-order valence-corrected chi connectivity index (χ3v) is 2.47. The summed E-state index contributed by atoms with van der Waals surface area (Å²) >= 11 is 0. The van der Waals surface area contributed by atoms with Crippen LogP contribution in [0.25, 0.3) is 0 Å². The van der Waals surface area contributed by atoms with Crippen molar-refractivity contribution in [3.63, 3.8) is 0 Å². The Morgan fingerprint density at radius 2 is 2.00 bits per heavy atom. The molecule has 0 saturated heterocycles. The Labute approximate surface area is 110 Å². The maximum absolute atomic E-state index is 13.1. The monoisotopic (exact) mass is 269 g/mol. The third-order valence-electron chi connectivity index (χ3n) is 2.47. The molecule has 0 aromatic heterocycles. The van der Waals surface area contributed by atoms with Gasteiger partial charge in [0.2, 0.25) is 0 Å². The number of hydrogen-bond donors (Lipinski definition) is 3. The van der Waals surface area contributed by atoms with Crippen molar-refractivity contribution in [3.8, 4) is 0 Å². The van der Waals surface area contributed by atoms with Crippen molar-refractivity contribution in [3.05, 3.63) is 35.1 Å². The van der Waals surface area contributed by atoms with E-state index in [0.29, 0.717) is 5.56 Å². The number of aliphatic carboxylic acids is 1. The molecule has 19 heavy (non-hydrogen) atoms. The first-order valence-electron chi connectivity index (χ1n) is 5.69. The minimum Gasteiger partial charge on any atom is -0.481 e. The van der Waals surface area contributed by atoms with Gasteiger partial charge in [0.25, 0.3) is 5.91 Å². The number of carbonyl (C=O) groups excluding carboxylic acids is 1. The number of nitrogens with one attached hydrogen (secondary N) is 1. The lowest BCUT2D eigenvalue weighted by atomic mass is 10.0. The molecule has 3 N–H and O–H groups in total. The van der Waals surface area contributed by atoms with Crippen LogP contribution in [0.4, 0.5) is 4.39 Å². The van der Waals surface area contributed by atoms with E-state index in [1.807, 2.05) is 0 Å². The van der Waals surface area contributed by atoms with Crippen LogP contribution < -0.4 is 5.32 Å². The quantitative estimate of drug-likeness (QED) is 0.746. The van der Waals surface area contributed by atoms with Gasteiger partial charge in [0.05, 0.1) is 12.0 Å². The molecule has 1 aromatic carbocycles. The third kappa shape index (κ3) is 5.05. The van der Waals surface area contributed by atoms with Gasteiger partial charge in [0.15, 0.2) is 0 Å². The highest BCUT2D eigenvalue weighted by molar-refractivity contribution is 5.94. The van der Waals surface area contributed by atoms with E-state index in [4.69, 9.17) is 5.11 Å². The maximum atomic E-state index is 13.1. The molecule has 0 fully saturated rings. The van der Waals surface area contributed by atoms with Gasteiger partial charge in [0, 0.05) is 12.1 Å². The topological polar surface area (TPSA) is 86.6 Å². The number of amides is 1. The largest absolute Gasteiger partial charge is 0.481 e. The number of carboxylic acids is 1. The molecule has 1 amide bonds. The standard InChI is InChI=1S/C13H16FNO4/c1-8-3-9(5-10(14)4-8)12(18)15-7-13(2,19)6-11(16)17/h3-5,19H,6-7H2,1-2H3,(H,15,18)(H,16,17). The second-order valence-corrected chi connectivity index (χ2v) is 4.77. The van der Waals surface area contributed by atoms with Crippen molar-refractivity contribution in [1.29, 1.82) is 0 Å². The van der Waals surface area contributed by atoms with Crippen LogP contribution in [-0.4, -0.2) is 34.2 Å². The Hall–Kier alpha value is -1.95. The number of carbonyl (C=O) groups is 2. The fourth-order valence-electron chi connectivity index (χ4n) is 1.63. The first-order chi connectivity index (χ1) is 8.69. The summed E-state index contributed by atoms with van der Waals surface area (Å²) in [5, 5.41) is 20.7. The van der Waals surface area contributed by atoms with E-state index in [-0.39, 0.29) is 12.1 Å². The summed E-state index contributed by atoms with van der Waals surface area (Å²) in [7, 11) is 0. The lowest BCUT2D eigenvalue weighted by molar-refractivity contribution is -0.141. The summed E-state index contributed by atoms with van der Waals surface area (Å²) in [5.74, 6) is -2.25. The molecule has 0 saturated carbocycles. The molecule has 1 atom stereocenters. The van der Waals surface area contributed by atoms with Gasteiger partial charge >= 0.3 is 5.97 Å². The zero-order chi connectivity index (χ0) is 14.6. The molecule has 0 aliphatic carbocycles. The van der Waals surface area contributed by atoms with Gasteiger partial charge in [-0.2, -0.15) is 0 Å². The second-order valence-electron chi connectivity index (χ2n) is 4.77. The number of aryl methyl sites for hydroxylation is 1. The van der Waals surface area contributed by atoms with Gasteiger partial charge in [-0.05, 0) is 37.6 Å². The number of halogens is 1. The number of hydrogen-bond acceptors (Lipinski definition) is 3. The van der Waals surface area contributed by atoms with Crippen LogP contribution in [0.5, 0.6) is 0 Å². The second kappa shape index (κ2) is 5.79. The normalized spacial score (nSPS) is 13.7. The van der Waals surface area contributed by atoms with Crippen molar-refractivity contribution in [2.75, 3.05) is 6.54 Å². The summed E-state index contributed by atoms with van der Waals surface area (Å²) in [5.41, 5.74) is -0.824. The zero-order valence-electron chi connectivity index (χ0n) is 10.7. The lowest BCUT2D eigenvalue weighted by Crippen LogP contribution is -2.42. The van der Waals surface area contributed by atoms with Crippen LogP contribution in [0.3, 0.4) is 0 Å². The van der Waals surface area contributed by atoms with Crippen molar-refractivity contribution in [2.24, 2.45) is 0 Å². The summed E-state index contributed by atoms with van der Waals surface area (Å²) in [6.45, 7) is 2.73. The van der Waals surface area contributed by atoms with Crippen LogP contribution in [0, 0.1) is 12.7 Å². The molecular formula is C13H16FNO4. The van der Waals surface area contributed by atoms with E-state index < -0.39 is 29.7 Å². The van der Waals surface area contributed by atoms with E-state index in [1.54, 1.807) is 6.92 Å². The van der Waals surface area contributed by atoms with Crippen molar-refractivity contribution in [1.82, 2.24) is 5.32 Å². The highest BCUT2D eigenvalue weighted by Crippen LogP contribution is 2.10. The molecule has 0 heterocycles. The molecule has 5 nitrogen and oxygen atoms in total. The van der Waals surface area contributed by atoms with Gasteiger partial charge in [-0.3, -0.25) is 9.59 Å². The molecular weight excluding hydrogens is 253 g/mol. The summed E-state index contributed by atoms with van der Waals surface area (Å²) < 4.78 is 13.1. The number of aliphatic hydroxyl groups is 1. The van der Waals surface area contributed by atoms with Crippen LogP contribution in [0.2, 0.25) is 0 Å². The number of benzene rings is 1. The van der Waals surface area contributed by atoms with Crippen molar-refractivity contribution >= 4 is 11.9 Å².